The van der Waals surface area contributed by atoms with Crippen molar-refractivity contribution in [3.05, 3.63) is 71.8 Å². The third-order valence-electron chi connectivity index (χ3n) is 2.21. The molecule has 0 amide bonds. The monoisotopic (exact) mass is 290 g/mol. The van der Waals surface area contributed by atoms with Crippen LogP contribution in [0, 0.1) is 0 Å². The molecule has 94 valence electrons. The van der Waals surface area contributed by atoms with E-state index in [-0.39, 0.29) is 59.1 Å². The van der Waals surface area contributed by atoms with E-state index in [1.165, 1.54) is 0 Å². The van der Waals surface area contributed by atoms with Crippen LogP contribution in [-0.4, -0.2) is 71.1 Å². The third-order valence-corrected chi connectivity index (χ3v) is 2.21. The van der Waals surface area contributed by atoms with Gasteiger partial charge in [0, 0.05) is 0 Å². The third kappa shape index (κ3) is 5.79. The van der Waals surface area contributed by atoms with E-state index < -0.39 is 11.9 Å². The van der Waals surface area contributed by atoms with E-state index in [9.17, 15) is 9.59 Å². The summed E-state index contributed by atoms with van der Waals surface area (Å²) >= 11 is 0. The van der Waals surface area contributed by atoms with Gasteiger partial charge in [0.1, 0.15) is 0 Å². The molecule has 6 heteroatoms. The van der Waals surface area contributed by atoms with E-state index in [0.29, 0.717) is 11.1 Å². The van der Waals surface area contributed by atoms with Crippen molar-refractivity contribution in [1.82, 2.24) is 0 Å². The van der Waals surface area contributed by atoms with Gasteiger partial charge in [0.2, 0.25) is 0 Å². The van der Waals surface area contributed by atoms with Crippen molar-refractivity contribution < 1.29 is 19.4 Å². The second-order valence-electron chi connectivity index (χ2n) is 3.47. The van der Waals surface area contributed by atoms with Gasteiger partial charge in [-0.1, -0.05) is 36.4 Å². The van der Waals surface area contributed by atoms with Crippen molar-refractivity contribution in [3.63, 3.8) is 0 Å². The van der Waals surface area contributed by atoms with Gasteiger partial charge in [0.25, 0.3) is 0 Å². The van der Waals surface area contributed by atoms with Gasteiger partial charge in [-0.2, -0.15) is 0 Å². The Morgan fingerprint density at radius 3 is 1.20 bits per heavy atom. The first-order valence-electron chi connectivity index (χ1n) is 5.30. The molecule has 0 aromatic heterocycles. The summed E-state index contributed by atoms with van der Waals surface area (Å²) in [5.74, 6) is -1.42. The standard InChI is InChI=1S/C14H10O4.2Na.2H/c15-13(11-7-3-1-4-8-11)17-18-14(16)12-9-5-2-6-10-12;;;;/h1-10H;;;;. The molecule has 0 fully saturated rings. The van der Waals surface area contributed by atoms with Gasteiger partial charge >= 0.3 is 71.1 Å². The predicted octanol–water partition coefficient (Wildman–Crippen LogP) is 1.32. The van der Waals surface area contributed by atoms with E-state index in [1.807, 2.05) is 0 Å². The normalized spacial score (nSPS) is 8.60. The fraction of sp³-hybridized carbons (Fsp3) is 0. The molecule has 0 unspecified atom stereocenters. The van der Waals surface area contributed by atoms with E-state index in [0.717, 1.165) is 0 Å². The van der Waals surface area contributed by atoms with E-state index in [2.05, 4.69) is 9.78 Å². The molecule has 0 atom stereocenters. The molecular formula is C14H12Na2O4. The molecular weight excluding hydrogens is 278 g/mol. The summed E-state index contributed by atoms with van der Waals surface area (Å²) in [7, 11) is 0. The molecule has 0 aliphatic rings. The molecule has 0 spiro atoms. The van der Waals surface area contributed by atoms with Crippen LogP contribution in [0.5, 0.6) is 0 Å². The fourth-order valence-electron chi connectivity index (χ4n) is 1.32. The zero-order chi connectivity index (χ0) is 12.8. The molecule has 0 radical (unpaired) electrons. The fourth-order valence-corrected chi connectivity index (χ4v) is 1.32. The minimum absolute atomic E-state index is 0. The van der Waals surface area contributed by atoms with Crippen LogP contribution in [0.2, 0.25) is 0 Å². The number of carbonyl (C=O) groups is 2. The number of rotatable bonds is 2. The molecule has 20 heavy (non-hydrogen) atoms. The molecule has 2 aromatic rings. The van der Waals surface area contributed by atoms with Crippen molar-refractivity contribution in [2.75, 3.05) is 0 Å². The second-order valence-corrected chi connectivity index (χ2v) is 3.47. The predicted molar refractivity (Wildman–Crippen MR) is 78.0 cm³/mol. The number of hydrogen-bond donors (Lipinski definition) is 0. The van der Waals surface area contributed by atoms with Crippen LogP contribution in [0.3, 0.4) is 0 Å². The topological polar surface area (TPSA) is 52.6 Å². The molecule has 4 nitrogen and oxygen atoms in total. The Balaban J connectivity index is 0.00000180. The average Bonchev–Trinajstić information content (AvgIpc) is 2.46. The maximum absolute atomic E-state index is 11.5. The molecule has 0 bridgehead atoms. The summed E-state index contributed by atoms with van der Waals surface area (Å²) in [6.07, 6.45) is 0. The van der Waals surface area contributed by atoms with Crippen LogP contribution in [0.4, 0.5) is 0 Å². The molecule has 0 saturated heterocycles. The van der Waals surface area contributed by atoms with E-state index >= 15 is 0 Å². The Bertz CT molecular complexity index is 492. The molecule has 0 N–H and O–H groups in total. The Morgan fingerprint density at radius 2 is 0.900 bits per heavy atom. The van der Waals surface area contributed by atoms with Crippen molar-refractivity contribution >= 4 is 71.1 Å². The zero-order valence-corrected chi connectivity index (χ0v) is 9.41. The van der Waals surface area contributed by atoms with Gasteiger partial charge in [-0.3, -0.25) is 0 Å². The number of benzene rings is 2. The molecule has 0 aliphatic heterocycles. The summed E-state index contributed by atoms with van der Waals surface area (Å²) in [5, 5.41) is 0. The first-order valence-corrected chi connectivity index (χ1v) is 5.30. The summed E-state index contributed by atoms with van der Waals surface area (Å²) in [6, 6.07) is 16.6. The number of hydrogen-bond acceptors (Lipinski definition) is 4. The molecule has 0 aliphatic carbocycles. The molecule has 2 aromatic carbocycles. The van der Waals surface area contributed by atoms with Gasteiger partial charge in [-0.25, -0.2) is 19.4 Å². The summed E-state index contributed by atoms with van der Waals surface area (Å²) in [6.45, 7) is 0. The van der Waals surface area contributed by atoms with Crippen molar-refractivity contribution in [2.45, 2.75) is 0 Å². The summed E-state index contributed by atoms with van der Waals surface area (Å²) in [5.41, 5.74) is 0.636. The SMILES string of the molecule is O=C(OOC(=O)c1ccccc1)c1ccccc1.[NaH].[NaH]. The van der Waals surface area contributed by atoms with E-state index in [1.54, 1.807) is 60.7 Å². The summed E-state index contributed by atoms with van der Waals surface area (Å²) < 4.78 is 0. The average molecular weight is 290 g/mol. The Kier molecular flexibility index (Phi) is 9.84. The van der Waals surface area contributed by atoms with Crippen LogP contribution >= 0.6 is 0 Å². The van der Waals surface area contributed by atoms with Crippen LogP contribution in [-0.2, 0) is 9.78 Å². The second kappa shape index (κ2) is 10.2. The molecule has 2 rings (SSSR count). The van der Waals surface area contributed by atoms with Gasteiger partial charge in [-0.05, 0) is 24.3 Å². The first-order chi connectivity index (χ1) is 8.77. The van der Waals surface area contributed by atoms with Crippen LogP contribution in [0.25, 0.3) is 0 Å². The Morgan fingerprint density at radius 1 is 0.600 bits per heavy atom. The minimum atomic E-state index is -0.708. The van der Waals surface area contributed by atoms with Gasteiger partial charge < -0.3 is 0 Å². The Hall–Kier alpha value is -0.620. The van der Waals surface area contributed by atoms with Gasteiger partial charge in [-0.15, -0.1) is 0 Å². The molecule has 0 heterocycles. The van der Waals surface area contributed by atoms with Crippen molar-refractivity contribution in [1.29, 1.82) is 0 Å². The number of carbonyl (C=O) groups excluding carboxylic acids is 2. The Labute approximate surface area is 161 Å². The van der Waals surface area contributed by atoms with E-state index in [4.69, 9.17) is 0 Å². The zero-order valence-electron chi connectivity index (χ0n) is 9.41. The maximum atomic E-state index is 11.5. The molecule has 0 saturated carbocycles. The first kappa shape index (κ1) is 19.4. The van der Waals surface area contributed by atoms with Gasteiger partial charge in [0.05, 0.1) is 11.1 Å². The van der Waals surface area contributed by atoms with Crippen LogP contribution in [0.15, 0.2) is 60.7 Å². The van der Waals surface area contributed by atoms with Crippen LogP contribution < -0.4 is 0 Å². The quantitative estimate of drug-likeness (QED) is 0.475. The summed E-state index contributed by atoms with van der Waals surface area (Å²) in [4.78, 5) is 31.9. The van der Waals surface area contributed by atoms with Crippen molar-refractivity contribution in [3.8, 4) is 0 Å². The van der Waals surface area contributed by atoms with Gasteiger partial charge in [0.15, 0.2) is 0 Å². The van der Waals surface area contributed by atoms with Crippen molar-refractivity contribution in [2.24, 2.45) is 0 Å². The van der Waals surface area contributed by atoms with Crippen LogP contribution in [0.1, 0.15) is 20.7 Å².